The predicted octanol–water partition coefficient (Wildman–Crippen LogP) is 3.48. The van der Waals surface area contributed by atoms with Gasteiger partial charge in [0.15, 0.2) is 0 Å². The van der Waals surface area contributed by atoms with Gasteiger partial charge in [-0.2, -0.15) is 0 Å². The van der Waals surface area contributed by atoms with Crippen LogP contribution < -0.4 is 9.31 Å². The van der Waals surface area contributed by atoms with Gasteiger partial charge in [-0.15, -0.1) is 0 Å². The number of para-hydroxylation sites is 2. The average Bonchev–Trinajstić information content (AvgIpc) is 2.80. The standard InChI is InChI=1S/C14H17BO2Se/c1-2-3-4-7-11-18-12-10-15-16-13-8-5-6-9-14(13)17-15/h2,5-6,8-10,12H,1,3-4,7,11H2/b12-10+. The molecule has 4 heteroatoms. The van der Waals surface area contributed by atoms with Crippen molar-refractivity contribution in [2.24, 2.45) is 0 Å². The molecule has 94 valence electrons. The van der Waals surface area contributed by atoms with Crippen LogP contribution in [-0.2, 0) is 0 Å². The van der Waals surface area contributed by atoms with Gasteiger partial charge in [0.2, 0.25) is 0 Å². The average molecular weight is 307 g/mol. The number of benzene rings is 1. The molecule has 0 aliphatic carbocycles. The van der Waals surface area contributed by atoms with E-state index in [4.69, 9.17) is 9.31 Å². The molecule has 0 saturated heterocycles. The van der Waals surface area contributed by atoms with Crippen LogP contribution >= 0.6 is 0 Å². The summed E-state index contributed by atoms with van der Waals surface area (Å²) in [6.07, 6.45) is 5.65. The number of rotatable bonds is 7. The Morgan fingerprint density at radius 3 is 2.56 bits per heavy atom. The maximum absolute atomic E-state index is 5.64. The van der Waals surface area contributed by atoms with Crippen molar-refractivity contribution in [2.75, 3.05) is 0 Å². The topological polar surface area (TPSA) is 18.5 Å². The Bertz CT molecular complexity index is 395. The molecule has 0 spiro atoms. The Balaban J connectivity index is 1.65. The van der Waals surface area contributed by atoms with Crippen LogP contribution in [-0.4, -0.2) is 22.1 Å². The normalized spacial score (nSPS) is 13.2. The molecule has 18 heavy (non-hydrogen) atoms. The summed E-state index contributed by atoms with van der Waals surface area (Å²) in [6.45, 7) is 3.72. The molecule has 0 atom stereocenters. The molecule has 1 aliphatic rings. The molecule has 0 unspecified atom stereocenters. The zero-order valence-corrected chi connectivity index (χ0v) is 12.1. The Kier molecular flexibility index (Phi) is 5.44. The molecule has 0 fully saturated rings. The number of unbranched alkanes of at least 4 members (excludes halogenated alkanes) is 2. The number of hydrogen-bond donors (Lipinski definition) is 0. The molecule has 2 rings (SSSR count). The van der Waals surface area contributed by atoms with Gasteiger partial charge in [0.05, 0.1) is 0 Å². The van der Waals surface area contributed by atoms with E-state index in [0.29, 0.717) is 15.0 Å². The van der Waals surface area contributed by atoms with E-state index in [1.165, 1.54) is 18.2 Å². The molecule has 1 aromatic carbocycles. The van der Waals surface area contributed by atoms with Crippen LogP contribution in [0.15, 0.2) is 47.9 Å². The van der Waals surface area contributed by atoms with Gasteiger partial charge < -0.3 is 0 Å². The van der Waals surface area contributed by atoms with Crippen LogP contribution in [0, 0.1) is 0 Å². The summed E-state index contributed by atoms with van der Waals surface area (Å²) in [6, 6.07) is 7.78. The van der Waals surface area contributed by atoms with Crippen LogP contribution in [0.1, 0.15) is 19.3 Å². The summed E-state index contributed by atoms with van der Waals surface area (Å²) in [5.41, 5.74) is 0. The zero-order valence-electron chi connectivity index (χ0n) is 10.4. The Morgan fingerprint density at radius 1 is 1.17 bits per heavy atom. The van der Waals surface area contributed by atoms with E-state index in [2.05, 4.69) is 11.6 Å². The van der Waals surface area contributed by atoms with Gasteiger partial charge in [-0.3, -0.25) is 0 Å². The van der Waals surface area contributed by atoms with Gasteiger partial charge in [0.1, 0.15) is 0 Å². The monoisotopic (exact) mass is 308 g/mol. The van der Waals surface area contributed by atoms with Crippen LogP contribution in [0.2, 0.25) is 5.32 Å². The number of allylic oxidation sites excluding steroid dienone is 1. The quantitative estimate of drug-likeness (QED) is 0.436. The van der Waals surface area contributed by atoms with Crippen LogP contribution in [0.5, 0.6) is 11.5 Å². The molecular formula is C14H17BO2Se. The summed E-state index contributed by atoms with van der Waals surface area (Å²) in [7, 11) is -0.238. The third-order valence-corrected chi connectivity index (χ3v) is 4.42. The number of fused-ring (bicyclic) bond motifs is 1. The first-order valence-electron chi connectivity index (χ1n) is 6.21. The van der Waals surface area contributed by atoms with E-state index in [1.807, 2.05) is 36.3 Å². The first kappa shape index (κ1) is 13.3. The second-order valence-corrected chi connectivity index (χ2v) is 6.16. The van der Waals surface area contributed by atoms with E-state index >= 15 is 0 Å². The Morgan fingerprint density at radius 2 is 1.89 bits per heavy atom. The molecule has 0 bridgehead atoms. The molecule has 2 nitrogen and oxygen atoms in total. The van der Waals surface area contributed by atoms with E-state index in [1.54, 1.807) is 0 Å². The SMILES string of the molecule is C=CCCCC[Se]/C=C/B1Oc2ccccc2O1. The van der Waals surface area contributed by atoms with Crippen molar-refractivity contribution >= 4 is 22.1 Å². The van der Waals surface area contributed by atoms with Crippen molar-refractivity contribution in [3.05, 3.63) is 47.9 Å². The second-order valence-electron chi connectivity index (χ2n) is 4.03. The molecule has 0 aromatic heterocycles. The molecule has 1 aliphatic heterocycles. The summed E-state index contributed by atoms with van der Waals surface area (Å²) >= 11 is 0.544. The van der Waals surface area contributed by atoms with Crippen molar-refractivity contribution in [1.82, 2.24) is 0 Å². The van der Waals surface area contributed by atoms with Gasteiger partial charge in [-0.05, 0) is 0 Å². The van der Waals surface area contributed by atoms with Gasteiger partial charge in [-0.25, -0.2) is 0 Å². The molecule has 1 aromatic rings. The predicted molar refractivity (Wildman–Crippen MR) is 77.2 cm³/mol. The molecule has 0 N–H and O–H groups in total. The summed E-state index contributed by atoms with van der Waals surface area (Å²) < 4.78 is 11.3. The third kappa shape index (κ3) is 3.97. The molecule has 0 radical (unpaired) electrons. The van der Waals surface area contributed by atoms with Gasteiger partial charge >= 0.3 is 115 Å². The van der Waals surface area contributed by atoms with Crippen LogP contribution in [0.4, 0.5) is 0 Å². The van der Waals surface area contributed by atoms with Crippen molar-refractivity contribution in [3.8, 4) is 11.5 Å². The van der Waals surface area contributed by atoms with Gasteiger partial charge in [0.25, 0.3) is 0 Å². The fourth-order valence-corrected chi connectivity index (χ4v) is 3.23. The maximum atomic E-state index is 5.64. The first-order chi connectivity index (χ1) is 8.90. The van der Waals surface area contributed by atoms with Crippen molar-refractivity contribution in [1.29, 1.82) is 0 Å². The van der Waals surface area contributed by atoms with Crippen molar-refractivity contribution in [2.45, 2.75) is 24.6 Å². The van der Waals surface area contributed by atoms with E-state index < -0.39 is 0 Å². The minimum atomic E-state index is -0.238. The minimum absolute atomic E-state index is 0.238. The Hall–Kier alpha value is -1.12. The summed E-state index contributed by atoms with van der Waals surface area (Å²) in [5, 5.41) is 1.27. The van der Waals surface area contributed by atoms with Gasteiger partial charge in [0, 0.05) is 0 Å². The van der Waals surface area contributed by atoms with Gasteiger partial charge in [-0.1, -0.05) is 0 Å². The van der Waals surface area contributed by atoms with E-state index in [0.717, 1.165) is 17.9 Å². The van der Waals surface area contributed by atoms with Crippen LogP contribution in [0.25, 0.3) is 0 Å². The summed E-state index contributed by atoms with van der Waals surface area (Å²) in [4.78, 5) is 2.21. The fourth-order valence-electron chi connectivity index (χ4n) is 1.66. The first-order valence-corrected chi connectivity index (χ1v) is 8.41. The molecule has 0 saturated carbocycles. The Labute approximate surface area is 115 Å². The van der Waals surface area contributed by atoms with Crippen molar-refractivity contribution < 1.29 is 9.31 Å². The second kappa shape index (κ2) is 7.35. The summed E-state index contributed by atoms with van der Waals surface area (Å²) in [5.74, 6) is 3.70. The van der Waals surface area contributed by atoms with Crippen LogP contribution in [0.3, 0.4) is 0 Å². The third-order valence-electron chi connectivity index (χ3n) is 2.59. The molecule has 1 heterocycles. The van der Waals surface area contributed by atoms with Crippen molar-refractivity contribution in [3.63, 3.8) is 0 Å². The fraction of sp³-hybridized carbons (Fsp3) is 0.286. The molecule has 0 amide bonds. The van der Waals surface area contributed by atoms with E-state index in [-0.39, 0.29) is 7.12 Å². The molecular weight excluding hydrogens is 290 g/mol. The zero-order chi connectivity index (χ0) is 12.6. The number of hydrogen-bond acceptors (Lipinski definition) is 2. The van der Waals surface area contributed by atoms with E-state index in [9.17, 15) is 0 Å².